The molecule has 0 radical (unpaired) electrons. The van der Waals surface area contributed by atoms with Crippen LogP contribution in [-0.2, 0) is 9.47 Å². The van der Waals surface area contributed by atoms with Crippen LogP contribution in [0.25, 0.3) is 0 Å². The maximum Gasteiger partial charge on any atom is 0.0915 e. The molecule has 0 aliphatic heterocycles. The second kappa shape index (κ2) is 7.82. The van der Waals surface area contributed by atoms with Gasteiger partial charge >= 0.3 is 0 Å². The monoisotopic (exact) mass is 426 g/mol. The van der Waals surface area contributed by atoms with Gasteiger partial charge in [0.2, 0.25) is 0 Å². The fourth-order valence-electron chi connectivity index (χ4n) is 1.47. The highest BCUT2D eigenvalue weighted by atomic mass is 127. The van der Waals surface area contributed by atoms with Crippen molar-refractivity contribution in [1.82, 2.24) is 0 Å². The summed E-state index contributed by atoms with van der Waals surface area (Å²) in [5.41, 5.74) is 1.11. The molecular formula is C14H20BrIO2. The predicted molar refractivity (Wildman–Crippen MR) is 87.4 cm³/mol. The Balaban J connectivity index is 2.43. The van der Waals surface area contributed by atoms with Crippen LogP contribution in [0.1, 0.15) is 32.4 Å². The van der Waals surface area contributed by atoms with Crippen LogP contribution in [0.15, 0.2) is 28.7 Å². The Labute approximate surface area is 132 Å². The van der Waals surface area contributed by atoms with Crippen molar-refractivity contribution in [3.8, 4) is 0 Å². The molecule has 1 unspecified atom stereocenters. The predicted octanol–water partition coefficient (Wildman–Crippen LogP) is 4.76. The van der Waals surface area contributed by atoms with Gasteiger partial charge in [-0.1, -0.05) is 50.7 Å². The zero-order chi connectivity index (χ0) is 13.6. The zero-order valence-corrected chi connectivity index (χ0v) is 14.8. The van der Waals surface area contributed by atoms with Gasteiger partial charge in [-0.25, -0.2) is 0 Å². The molecule has 0 saturated carbocycles. The average Bonchev–Trinajstić information content (AvgIpc) is 2.27. The number of benzene rings is 1. The Morgan fingerprint density at radius 1 is 1.28 bits per heavy atom. The number of alkyl halides is 1. The molecule has 2 nitrogen and oxygen atoms in total. The first-order valence-corrected chi connectivity index (χ1v) is 8.31. The summed E-state index contributed by atoms with van der Waals surface area (Å²) in [7, 11) is 0. The third-order valence-corrected chi connectivity index (χ3v) is 3.59. The molecule has 0 saturated heterocycles. The number of rotatable bonds is 6. The van der Waals surface area contributed by atoms with Gasteiger partial charge in [-0.15, -0.1) is 0 Å². The van der Waals surface area contributed by atoms with E-state index in [9.17, 15) is 0 Å². The lowest BCUT2D eigenvalue weighted by molar-refractivity contribution is -0.0477. The average molecular weight is 427 g/mol. The van der Waals surface area contributed by atoms with Gasteiger partial charge in [-0.3, -0.25) is 0 Å². The van der Waals surface area contributed by atoms with Crippen LogP contribution < -0.4 is 0 Å². The molecule has 0 fully saturated rings. The van der Waals surface area contributed by atoms with Crippen molar-refractivity contribution < 1.29 is 9.47 Å². The van der Waals surface area contributed by atoms with Crippen molar-refractivity contribution in [1.29, 1.82) is 0 Å². The minimum Gasteiger partial charge on any atom is -0.373 e. The van der Waals surface area contributed by atoms with E-state index in [1.807, 2.05) is 12.1 Å². The van der Waals surface area contributed by atoms with Crippen LogP contribution in [0.3, 0.4) is 0 Å². The molecule has 0 bridgehead atoms. The summed E-state index contributed by atoms with van der Waals surface area (Å²) in [6, 6.07) is 8.26. The second-order valence-electron chi connectivity index (χ2n) is 5.03. The van der Waals surface area contributed by atoms with Gasteiger partial charge in [0.05, 0.1) is 24.9 Å². The van der Waals surface area contributed by atoms with Crippen molar-refractivity contribution in [3.63, 3.8) is 0 Å². The quantitative estimate of drug-likeness (QED) is 0.371. The highest BCUT2D eigenvalue weighted by Gasteiger charge is 2.13. The van der Waals surface area contributed by atoms with E-state index in [1.165, 1.54) is 5.56 Å². The van der Waals surface area contributed by atoms with E-state index < -0.39 is 0 Å². The van der Waals surface area contributed by atoms with Gasteiger partial charge in [-0.05, 0) is 38.5 Å². The standard InChI is InChI=1S/C14H20BrIO2/c1-14(2,3)18-8-7-17-13(10-16)11-5-4-6-12(15)9-11/h4-6,9,13H,7-8,10H2,1-3H3. The highest BCUT2D eigenvalue weighted by Crippen LogP contribution is 2.23. The summed E-state index contributed by atoms with van der Waals surface area (Å²) < 4.78 is 13.5. The third kappa shape index (κ3) is 6.50. The number of hydrogen-bond donors (Lipinski definition) is 0. The van der Waals surface area contributed by atoms with Gasteiger partial charge < -0.3 is 9.47 Å². The third-order valence-electron chi connectivity index (χ3n) is 2.30. The number of halogens is 2. The number of hydrogen-bond acceptors (Lipinski definition) is 2. The lowest BCUT2D eigenvalue weighted by Gasteiger charge is -2.21. The summed E-state index contributed by atoms with van der Waals surface area (Å²) in [6.07, 6.45) is 0.131. The zero-order valence-electron chi connectivity index (χ0n) is 11.1. The molecule has 18 heavy (non-hydrogen) atoms. The van der Waals surface area contributed by atoms with Crippen LogP contribution >= 0.6 is 38.5 Å². The van der Waals surface area contributed by atoms with Crippen molar-refractivity contribution in [2.45, 2.75) is 32.5 Å². The topological polar surface area (TPSA) is 18.5 Å². The summed E-state index contributed by atoms with van der Waals surface area (Å²) in [6.45, 7) is 7.41. The molecule has 4 heteroatoms. The Morgan fingerprint density at radius 3 is 2.56 bits per heavy atom. The normalized spacial score (nSPS) is 13.6. The van der Waals surface area contributed by atoms with E-state index in [0.29, 0.717) is 13.2 Å². The molecule has 0 spiro atoms. The largest absolute Gasteiger partial charge is 0.373 e. The van der Waals surface area contributed by atoms with E-state index in [4.69, 9.17) is 9.47 Å². The first-order valence-electron chi connectivity index (χ1n) is 5.99. The van der Waals surface area contributed by atoms with E-state index in [0.717, 1.165) is 8.90 Å². The SMILES string of the molecule is CC(C)(C)OCCOC(CI)c1cccc(Br)c1. The van der Waals surface area contributed by atoms with E-state index >= 15 is 0 Å². The van der Waals surface area contributed by atoms with E-state index in [2.05, 4.69) is 71.4 Å². The molecule has 1 atom stereocenters. The molecule has 0 N–H and O–H groups in total. The van der Waals surface area contributed by atoms with Crippen LogP contribution in [0.2, 0.25) is 0 Å². The molecule has 1 aromatic rings. The molecule has 0 aliphatic rings. The van der Waals surface area contributed by atoms with Gasteiger partial charge in [0, 0.05) is 8.90 Å². The molecule has 0 aliphatic carbocycles. The molecule has 0 amide bonds. The molecule has 0 aromatic heterocycles. The maximum absolute atomic E-state index is 5.87. The fraction of sp³-hybridized carbons (Fsp3) is 0.571. The second-order valence-corrected chi connectivity index (χ2v) is 6.83. The van der Waals surface area contributed by atoms with Crippen molar-refractivity contribution >= 4 is 38.5 Å². The van der Waals surface area contributed by atoms with Crippen molar-refractivity contribution in [2.75, 3.05) is 17.6 Å². The van der Waals surface area contributed by atoms with Crippen molar-refractivity contribution in [3.05, 3.63) is 34.3 Å². The minimum absolute atomic E-state index is 0.0983. The van der Waals surface area contributed by atoms with Crippen molar-refractivity contribution in [2.24, 2.45) is 0 Å². The first kappa shape index (κ1) is 16.4. The van der Waals surface area contributed by atoms with Crippen LogP contribution in [-0.4, -0.2) is 23.2 Å². The van der Waals surface area contributed by atoms with E-state index in [1.54, 1.807) is 0 Å². The number of ether oxygens (including phenoxy) is 2. The van der Waals surface area contributed by atoms with Crippen LogP contribution in [0, 0.1) is 0 Å². The highest BCUT2D eigenvalue weighted by molar-refractivity contribution is 14.1. The fourth-order valence-corrected chi connectivity index (χ4v) is 2.65. The maximum atomic E-state index is 5.87. The lowest BCUT2D eigenvalue weighted by Crippen LogP contribution is -2.22. The summed E-state index contributed by atoms with van der Waals surface area (Å²) in [4.78, 5) is 0. The smallest absolute Gasteiger partial charge is 0.0915 e. The lowest BCUT2D eigenvalue weighted by atomic mass is 10.1. The first-order chi connectivity index (χ1) is 8.42. The Kier molecular flexibility index (Phi) is 7.13. The Hall–Kier alpha value is 0.350. The van der Waals surface area contributed by atoms with Gasteiger partial charge in [0.25, 0.3) is 0 Å². The Bertz CT molecular complexity index is 363. The van der Waals surface area contributed by atoms with Gasteiger partial charge in [0.15, 0.2) is 0 Å². The van der Waals surface area contributed by atoms with E-state index in [-0.39, 0.29) is 11.7 Å². The van der Waals surface area contributed by atoms with Crippen LogP contribution in [0.5, 0.6) is 0 Å². The molecule has 0 heterocycles. The van der Waals surface area contributed by atoms with Crippen LogP contribution in [0.4, 0.5) is 0 Å². The van der Waals surface area contributed by atoms with Gasteiger partial charge in [0.1, 0.15) is 0 Å². The molecule has 102 valence electrons. The molecular weight excluding hydrogens is 407 g/mol. The summed E-state index contributed by atoms with van der Waals surface area (Å²) in [5.74, 6) is 0. The molecule has 1 aromatic carbocycles. The van der Waals surface area contributed by atoms with Gasteiger partial charge in [-0.2, -0.15) is 0 Å². The Morgan fingerprint density at radius 2 is 2.00 bits per heavy atom. The molecule has 1 rings (SSSR count). The summed E-state index contributed by atoms with van der Waals surface area (Å²) >= 11 is 5.84. The summed E-state index contributed by atoms with van der Waals surface area (Å²) in [5, 5.41) is 0. The minimum atomic E-state index is -0.0983.